The van der Waals surface area contributed by atoms with Crippen molar-refractivity contribution in [1.82, 2.24) is 10.3 Å². The van der Waals surface area contributed by atoms with Crippen molar-refractivity contribution in [2.75, 3.05) is 18.9 Å². The van der Waals surface area contributed by atoms with Gasteiger partial charge in [0.15, 0.2) is 0 Å². The van der Waals surface area contributed by atoms with Crippen LogP contribution in [0.1, 0.15) is 34.5 Å². The van der Waals surface area contributed by atoms with E-state index in [4.69, 9.17) is 21.1 Å². The molecule has 0 saturated heterocycles. The monoisotopic (exact) mass is 489 g/mol. The Labute approximate surface area is 198 Å². The second-order valence-corrected chi connectivity index (χ2v) is 9.31. The Balaban J connectivity index is 1.89. The molecule has 3 aromatic rings. The molecule has 3 rings (SSSR count). The first-order valence-corrected chi connectivity index (χ1v) is 11.8. The predicted octanol–water partition coefficient (Wildman–Crippen LogP) is 4.35. The number of pyridine rings is 1. The molecule has 0 saturated carbocycles. The van der Waals surface area contributed by atoms with Gasteiger partial charge in [-0.05, 0) is 49.2 Å². The molecular formula is C23H24ClN3O5S. The highest BCUT2D eigenvalue weighted by atomic mass is 35.5. The van der Waals surface area contributed by atoms with Crippen LogP contribution in [0.5, 0.6) is 11.5 Å². The molecule has 0 bridgehead atoms. The fourth-order valence-corrected chi connectivity index (χ4v) is 4.74. The van der Waals surface area contributed by atoms with Crippen LogP contribution in [-0.4, -0.2) is 33.5 Å². The lowest BCUT2D eigenvalue weighted by molar-refractivity contribution is 0.0939. The molecule has 1 heterocycles. The van der Waals surface area contributed by atoms with Gasteiger partial charge in [-0.3, -0.25) is 14.5 Å². The molecule has 2 N–H and O–H groups in total. The maximum Gasteiger partial charge on any atom is 0.262 e. The molecule has 0 aliphatic heterocycles. The van der Waals surface area contributed by atoms with Crippen molar-refractivity contribution in [2.24, 2.45) is 0 Å². The largest absolute Gasteiger partial charge is 0.495 e. The van der Waals surface area contributed by atoms with E-state index in [0.717, 1.165) is 5.56 Å². The molecule has 1 aromatic heterocycles. The lowest BCUT2D eigenvalue weighted by atomic mass is 10.1. The van der Waals surface area contributed by atoms with Gasteiger partial charge in [0.1, 0.15) is 11.5 Å². The quantitative estimate of drug-likeness (QED) is 0.487. The summed E-state index contributed by atoms with van der Waals surface area (Å²) in [7, 11) is -1.22. The summed E-state index contributed by atoms with van der Waals surface area (Å²) in [6, 6.07) is 10.7. The standard InChI is InChI=1S/C23H24ClN3O5S/c1-14-7-8-16(23(28)26-15(2)17-6-5-9-25-13-17)10-22(14)33(29,30)27-19-11-18(24)20(31-3)12-21(19)32-4/h5-13,15,27H,1-4H3,(H,26,28). The van der Waals surface area contributed by atoms with Gasteiger partial charge in [-0.2, -0.15) is 0 Å². The molecule has 1 atom stereocenters. The first-order valence-electron chi connectivity index (χ1n) is 9.92. The number of hydrogen-bond donors (Lipinski definition) is 2. The number of anilines is 1. The third kappa shape index (κ3) is 5.55. The van der Waals surface area contributed by atoms with Crippen LogP contribution in [0.3, 0.4) is 0 Å². The average Bonchev–Trinajstić information content (AvgIpc) is 2.79. The van der Waals surface area contributed by atoms with Crippen LogP contribution in [0, 0.1) is 6.92 Å². The van der Waals surface area contributed by atoms with Crippen LogP contribution in [-0.2, 0) is 10.0 Å². The number of carbonyl (C=O) groups is 1. The number of nitrogens with zero attached hydrogens (tertiary/aromatic N) is 1. The minimum atomic E-state index is -4.07. The number of aromatic nitrogens is 1. The first-order chi connectivity index (χ1) is 15.7. The van der Waals surface area contributed by atoms with E-state index < -0.39 is 15.9 Å². The van der Waals surface area contributed by atoms with Crippen molar-refractivity contribution < 1.29 is 22.7 Å². The molecule has 1 unspecified atom stereocenters. The van der Waals surface area contributed by atoms with Crippen LogP contribution in [0.25, 0.3) is 0 Å². The zero-order valence-corrected chi connectivity index (χ0v) is 20.1. The number of halogens is 1. The van der Waals surface area contributed by atoms with Gasteiger partial charge < -0.3 is 14.8 Å². The minimum Gasteiger partial charge on any atom is -0.495 e. The van der Waals surface area contributed by atoms with Crippen LogP contribution in [0.2, 0.25) is 5.02 Å². The Morgan fingerprint density at radius 1 is 1.09 bits per heavy atom. The third-order valence-corrected chi connectivity index (χ3v) is 6.79. The summed E-state index contributed by atoms with van der Waals surface area (Å²) in [5, 5.41) is 3.07. The molecule has 10 heteroatoms. The highest BCUT2D eigenvalue weighted by molar-refractivity contribution is 7.92. The van der Waals surface area contributed by atoms with Gasteiger partial charge in [0.2, 0.25) is 0 Å². The number of rotatable bonds is 8. The van der Waals surface area contributed by atoms with Crippen LogP contribution in [0.4, 0.5) is 5.69 Å². The van der Waals surface area contributed by atoms with E-state index in [9.17, 15) is 13.2 Å². The summed E-state index contributed by atoms with van der Waals surface area (Å²) in [6.07, 6.45) is 3.31. The van der Waals surface area contributed by atoms with Crippen LogP contribution < -0.4 is 19.5 Å². The van der Waals surface area contributed by atoms with Gasteiger partial charge in [0.05, 0.1) is 35.9 Å². The number of amides is 1. The fraction of sp³-hybridized carbons (Fsp3) is 0.217. The van der Waals surface area contributed by atoms with Crippen molar-refractivity contribution in [3.63, 3.8) is 0 Å². The van der Waals surface area contributed by atoms with Crippen molar-refractivity contribution in [3.05, 3.63) is 76.6 Å². The summed E-state index contributed by atoms with van der Waals surface area (Å²) in [6.45, 7) is 3.47. The highest BCUT2D eigenvalue weighted by Gasteiger charge is 2.22. The number of hydrogen-bond acceptors (Lipinski definition) is 6. The fourth-order valence-electron chi connectivity index (χ4n) is 3.17. The molecule has 8 nitrogen and oxygen atoms in total. The Bertz CT molecular complexity index is 1270. The van der Waals surface area contributed by atoms with E-state index >= 15 is 0 Å². The van der Waals surface area contributed by atoms with E-state index in [1.165, 1.54) is 32.4 Å². The topological polar surface area (TPSA) is 107 Å². The molecule has 174 valence electrons. The number of sulfonamides is 1. The number of methoxy groups -OCH3 is 2. The van der Waals surface area contributed by atoms with Gasteiger partial charge in [0, 0.05) is 24.0 Å². The van der Waals surface area contributed by atoms with Crippen LogP contribution >= 0.6 is 11.6 Å². The van der Waals surface area contributed by atoms with E-state index in [0.29, 0.717) is 11.3 Å². The SMILES string of the molecule is COc1cc(OC)c(NS(=O)(=O)c2cc(C(=O)NC(C)c3cccnc3)ccc2C)cc1Cl. The van der Waals surface area contributed by atoms with Crippen molar-refractivity contribution in [2.45, 2.75) is 24.8 Å². The number of ether oxygens (including phenoxy) is 2. The van der Waals surface area contributed by atoms with E-state index in [-0.39, 0.29) is 33.0 Å². The van der Waals surface area contributed by atoms with Crippen molar-refractivity contribution in [3.8, 4) is 11.5 Å². The van der Waals surface area contributed by atoms with Gasteiger partial charge in [-0.25, -0.2) is 8.42 Å². The van der Waals surface area contributed by atoms with Gasteiger partial charge >= 0.3 is 0 Å². The van der Waals surface area contributed by atoms with E-state index in [1.54, 1.807) is 37.5 Å². The molecule has 0 fully saturated rings. The lowest BCUT2D eigenvalue weighted by Crippen LogP contribution is -2.27. The zero-order chi connectivity index (χ0) is 24.2. The van der Waals surface area contributed by atoms with Crippen molar-refractivity contribution >= 4 is 33.2 Å². The molecule has 0 spiro atoms. The number of carbonyl (C=O) groups excluding carboxylic acids is 1. The zero-order valence-electron chi connectivity index (χ0n) is 18.5. The summed E-state index contributed by atoms with van der Waals surface area (Å²) in [4.78, 5) is 16.8. The molecular weight excluding hydrogens is 466 g/mol. The first kappa shape index (κ1) is 24.3. The van der Waals surface area contributed by atoms with Gasteiger partial charge in [0.25, 0.3) is 15.9 Å². The summed E-state index contributed by atoms with van der Waals surface area (Å²) >= 11 is 6.16. The second-order valence-electron chi connectivity index (χ2n) is 7.25. The summed E-state index contributed by atoms with van der Waals surface area (Å²) < 4.78 is 39.3. The Morgan fingerprint density at radius 2 is 1.82 bits per heavy atom. The van der Waals surface area contributed by atoms with Gasteiger partial charge in [-0.15, -0.1) is 0 Å². The Hall–Kier alpha value is -3.30. The number of nitrogens with one attached hydrogen (secondary N) is 2. The molecule has 0 radical (unpaired) electrons. The summed E-state index contributed by atoms with van der Waals surface area (Å²) in [5.41, 5.74) is 1.65. The van der Waals surface area contributed by atoms with Gasteiger partial charge in [-0.1, -0.05) is 23.7 Å². The Kier molecular flexibility index (Phi) is 7.45. The minimum absolute atomic E-state index is 0.0434. The predicted molar refractivity (Wildman–Crippen MR) is 127 cm³/mol. The normalized spacial score (nSPS) is 12.0. The number of aryl methyl sites for hydroxylation is 1. The Morgan fingerprint density at radius 3 is 2.45 bits per heavy atom. The van der Waals surface area contributed by atoms with E-state index in [2.05, 4.69) is 15.0 Å². The average molecular weight is 490 g/mol. The maximum atomic E-state index is 13.2. The van der Waals surface area contributed by atoms with Crippen molar-refractivity contribution in [1.29, 1.82) is 0 Å². The highest BCUT2D eigenvalue weighted by Crippen LogP contribution is 2.37. The molecule has 2 aromatic carbocycles. The molecule has 1 amide bonds. The number of benzene rings is 2. The lowest BCUT2D eigenvalue weighted by Gasteiger charge is -2.17. The third-order valence-electron chi connectivity index (χ3n) is 4.99. The molecule has 0 aliphatic rings. The second kappa shape index (κ2) is 10.1. The molecule has 33 heavy (non-hydrogen) atoms. The van der Waals surface area contributed by atoms with Crippen LogP contribution in [0.15, 0.2) is 59.8 Å². The van der Waals surface area contributed by atoms with E-state index in [1.807, 2.05) is 13.0 Å². The maximum absolute atomic E-state index is 13.2. The molecule has 0 aliphatic carbocycles. The summed E-state index contributed by atoms with van der Waals surface area (Å²) in [5.74, 6) is 0.165. The smallest absolute Gasteiger partial charge is 0.262 e.